The van der Waals surface area contributed by atoms with E-state index in [0.717, 1.165) is 42.4 Å². The smallest absolute Gasteiger partial charge is 0.387 e. The van der Waals surface area contributed by atoms with Crippen LogP contribution in [0.15, 0.2) is 48.8 Å². The summed E-state index contributed by atoms with van der Waals surface area (Å²) in [6.45, 7) is 1.95. The summed E-state index contributed by atoms with van der Waals surface area (Å²) in [5, 5.41) is 12.0. The Bertz CT molecular complexity index is 2040. The molecule has 3 fully saturated rings. The molecule has 2 heterocycles. The van der Waals surface area contributed by atoms with E-state index >= 15 is 0 Å². The van der Waals surface area contributed by atoms with Crippen LogP contribution < -0.4 is 23.2 Å². The molecule has 2 aromatic carbocycles. The minimum atomic E-state index is -3.13. The highest BCUT2D eigenvalue weighted by Gasteiger charge is 2.38. The van der Waals surface area contributed by atoms with Gasteiger partial charge in [-0.25, -0.2) is 9.00 Å². The molecule has 1 amide bonds. The van der Waals surface area contributed by atoms with Crippen molar-refractivity contribution in [3.8, 4) is 17.2 Å². The minimum absolute atomic E-state index is 0.000888. The van der Waals surface area contributed by atoms with E-state index in [1.807, 2.05) is 0 Å². The topological polar surface area (TPSA) is 168 Å². The lowest BCUT2D eigenvalue weighted by atomic mass is 10.0. The predicted molar refractivity (Wildman–Crippen MR) is 212 cm³/mol. The molecule has 0 spiro atoms. The van der Waals surface area contributed by atoms with Crippen LogP contribution in [0.1, 0.15) is 86.9 Å². The Morgan fingerprint density at radius 3 is 2.19 bits per heavy atom. The number of likely N-dealkylation sites (tertiary alicyclic amines) is 1. The minimum Gasteiger partial charge on any atom is -0.619 e. The van der Waals surface area contributed by atoms with Crippen LogP contribution in [-0.4, -0.2) is 76.1 Å². The molecule has 1 aliphatic heterocycles. The lowest BCUT2D eigenvalue weighted by Crippen LogP contribution is -2.42. The third-order valence-corrected chi connectivity index (χ3v) is 11.1. The van der Waals surface area contributed by atoms with Crippen LogP contribution in [-0.2, 0) is 36.8 Å². The van der Waals surface area contributed by atoms with Gasteiger partial charge in [0.15, 0.2) is 23.9 Å². The number of aromatic nitrogens is 1. The summed E-state index contributed by atoms with van der Waals surface area (Å²) in [5.74, 6) is -1.66. The fourth-order valence-corrected chi connectivity index (χ4v) is 7.60. The summed E-state index contributed by atoms with van der Waals surface area (Å²) >= 11 is 10.1. The van der Waals surface area contributed by atoms with Gasteiger partial charge in [-0.2, -0.15) is 13.5 Å². The third-order valence-electron chi connectivity index (χ3n) is 9.75. The molecular weight excluding hydrogens is 839 g/mol. The molecule has 6 rings (SSSR count). The van der Waals surface area contributed by atoms with Crippen molar-refractivity contribution in [3.63, 3.8) is 0 Å². The Labute approximate surface area is 352 Å². The van der Waals surface area contributed by atoms with E-state index in [-0.39, 0.29) is 76.0 Å². The number of nitrogens with zero attached hydrogens (tertiary/aromatic N) is 3. The second-order valence-corrected chi connectivity index (χ2v) is 17.4. The van der Waals surface area contributed by atoms with Gasteiger partial charge in [0.2, 0.25) is 0 Å². The van der Waals surface area contributed by atoms with Crippen LogP contribution in [0.25, 0.3) is 0 Å². The largest absolute Gasteiger partial charge is 0.619 e. The van der Waals surface area contributed by atoms with Gasteiger partial charge in [-0.1, -0.05) is 29.3 Å². The normalized spacial score (nSPS) is 17.6. The van der Waals surface area contributed by atoms with Crippen molar-refractivity contribution < 1.29 is 60.3 Å². The van der Waals surface area contributed by atoms with E-state index in [9.17, 15) is 37.1 Å². The number of carbonyl (C=O) groups excluding carboxylic acids is 3. The zero-order chi connectivity index (χ0) is 42.6. The van der Waals surface area contributed by atoms with Gasteiger partial charge in [-0.05, 0) is 107 Å². The summed E-state index contributed by atoms with van der Waals surface area (Å²) in [7, 11) is 0. The fraction of sp³-hybridized carbons (Fsp3) is 0.500. The summed E-state index contributed by atoms with van der Waals surface area (Å²) in [6, 6.07) is 7.31. The lowest BCUT2D eigenvalue weighted by Gasteiger charge is -2.28. The molecule has 14 nitrogen and oxygen atoms in total. The molecule has 0 radical (unpaired) electrons. The Hall–Kier alpha value is -4.45. The zero-order valence-corrected chi connectivity index (χ0v) is 34.9. The van der Waals surface area contributed by atoms with Crippen molar-refractivity contribution in [2.24, 2.45) is 11.8 Å². The van der Waals surface area contributed by atoms with Gasteiger partial charge in [0.25, 0.3) is 17.2 Å². The van der Waals surface area contributed by atoms with Crippen LogP contribution in [0.5, 0.6) is 17.2 Å². The lowest BCUT2D eigenvalue weighted by molar-refractivity contribution is -0.605. The van der Waals surface area contributed by atoms with Crippen LogP contribution in [0.2, 0.25) is 10.0 Å². The van der Waals surface area contributed by atoms with E-state index in [1.54, 1.807) is 20.8 Å². The van der Waals surface area contributed by atoms with E-state index < -0.39 is 60.0 Å². The zero-order valence-electron chi connectivity index (χ0n) is 32.6. The molecule has 1 unspecified atom stereocenters. The van der Waals surface area contributed by atoms with Crippen LogP contribution in [0.3, 0.4) is 0 Å². The number of alkyl halides is 2. The molecule has 19 heteroatoms. The van der Waals surface area contributed by atoms with Crippen molar-refractivity contribution in [2.45, 2.75) is 90.1 Å². The molecule has 2 aliphatic carbocycles. The molecule has 1 N–H and O–H groups in total. The molecule has 3 atom stereocenters. The summed E-state index contributed by atoms with van der Waals surface area (Å²) in [6.07, 6.45) is 5.28. The number of hydrogen-bond acceptors (Lipinski definition) is 10. The van der Waals surface area contributed by atoms with Gasteiger partial charge in [0.1, 0.15) is 40.1 Å². The number of amides is 1. The van der Waals surface area contributed by atoms with Crippen LogP contribution in [0.4, 0.5) is 14.5 Å². The average molecular weight is 885 g/mol. The molecule has 1 saturated heterocycles. The molecule has 59 heavy (non-hydrogen) atoms. The van der Waals surface area contributed by atoms with Crippen molar-refractivity contribution >= 4 is 58.0 Å². The molecule has 0 bridgehead atoms. The van der Waals surface area contributed by atoms with E-state index in [4.69, 9.17) is 46.9 Å². The number of benzene rings is 2. The van der Waals surface area contributed by atoms with E-state index in [2.05, 4.69) is 0 Å². The molecule has 3 aromatic rings. The summed E-state index contributed by atoms with van der Waals surface area (Å²) < 4.78 is 79.1. The first-order valence-electron chi connectivity index (χ1n) is 19.1. The maximum atomic E-state index is 14.2. The van der Waals surface area contributed by atoms with Crippen LogP contribution in [0, 0.1) is 17.0 Å². The number of rotatable bonds is 18. The highest BCUT2D eigenvalue weighted by Crippen LogP contribution is 2.39. The molecule has 3 aliphatic rings. The van der Waals surface area contributed by atoms with E-state index in [0.29, 0.717) is 29.2 Å². The fourth-order valence-electron chi connectivity index (χ4n) is 6.48. The van der Waals surface area contributed by atoms with Gasteiger partial charge in [0.05, 0.1) is 18.9 Å². The van der Waals surface area contributed by atoms with Crippen molar-refractivity contribution in [2.75, 3.05) is 30.6 Å². The van der Waals surface area contributed by atoms with Gasteiger partial charge in [0, 0.05) is 24.1 Å². The number of esters is 2. The number of anilines is 1. The predicted octanol–water partition coefficient (Wildman–Crippen LogP) is 7.22. The Morgan fingerprint density at radius 1 is 0.966 bits per heavy atom. The Kier molecular flexibility index (Phi) is 14.1. The second-order valence-electron chi connectivity index (χ2n) is 15.7. The van der Waals surface area contributed by atoms with Crippen molar-refractivity contribution in [3.05, 3.63) is 80.7 Å². The third kappa shape index (κ3) is 12.1. The Balaban J connectivity index is 1.28. The number of halogens is 4. The number of hydrogen-bond donors (Lipinski definition) is 1. The molecule has 320 valence electrons. The average Bonchev–Trinajstić information content (AvgIpc) is 4.10. The highest BCUT2D eigenvalue weighted by atomic mass is 35.5. The maximum absolute atomic E-state index is 14.2. The van der Waals surface area contributed by atoms with Gasteiger partial charge < -0.3 is 33.8 Å². The highest BCUT2D eigenvalue weighted by molar-refractivity contribution is 7.80. The molecule has 1 aromatic heterocycles. The van der Waals surface area contributed by atoms with Gasteiger partial charge in [-0.15, -0.1) is 0 Å². The second kappa shape index (κ2) is 18.9. The number of pyridine rings is 1. The van der Waals surface area contributed by atoms with Crippen molar-refractivity contribution in [1.82, 2.24) is 4.90 Å². The quantitative estimate of drug-likeness (QED) is 0.0593. The number of carbonyl (C=O) groups is 3. The first-order valence-corrected chi connectivity index (χ1v) is 20.9. The first kappa shape index (κ1) is 44.1. The van der Waals surface area contributed by atoms with Crippen molar-refractivity contribution in [1.29, 1.82) is 0 Å². The summed E-state index contributed by atoms with van der Waals surface area (Å²) in [4.78, 5) is 42.6. The molecule has 2 saturated carbocycles. The summed E-state index contributed by atoms with van der Waals surface area (Å²) in [5.41, 5.74) is -0.272. The first-order chi connectivity index (χ1) is 27.9. The van der Waals surface area contributed by atoms with Gasteiger partial charge in [-0.3, -0.25) is 18.4 Å². The SMILES string of the molecule is CC(C)(C)OC(=O)CN(c1cc(C(=O)N2CCC[C@H]2C(=O)O[C@@H](Cc2c(Cl)c[n+]([O-])cc2Cl)c2ccc(OC(F)F)c(OCC3CC3)c2)ccc1OCC1CC1)S(=O)O. The van der Waals surface area contributed by atoms with Gasteiger partial charge >= 0.3 is 18.6 Å². The Morgan fingerprint density at radius 2 is 1.59 bits per heavy atom. The maximum Gasteiger partial charge on any atom is 0.387 e. The standard InChI is InChI=1S/C40H45Cl2F2N3O11S/c1-40(2,3)58-36(48)20-47(59(52)53)31-15-26(11-12-32(31)54-21-23-6-7-23)37(49)46-14-4-5-30(46)38(50)56-34(17-27-28(41)18-45(51)19-29(27)42)25-10-13-33(57-39(43)44)35(16-25)55-22-24-8-9-24/h10-13,15-16,18-19,23-24,30,34,39H,4-9,14,17,20-22H2,1-3H3,(H,52,53)/t30-,34-/m0/s1. The monoisotopic (exact) mass is 883 g/mol. The van der Waals surface area contributed by atoms with E-state index in [1.165, 1.54) is 41.3 Å². The van der Waals surface area contributed by atoms with Crippen LogP contribution >= 0.6 is 23.2 Å². The molecular formula is C40H45Cl2F2N3O11S. The number of ether oxygens (including phenoxy) is 5.